The van der Waals surface area contributed by atoms with Gasteiger partial charge in [0.05, 0.1) is 4.91 Å². The molecular weight excluding hydrogens is 514 g/mol. The Labute approximate surface area is 234 Å². The van der Waals surface area contributed by atoms with Gasteiger partial charge >= 0.3 is 0 Å². The molecule has 1 amide bonds. The summed E-state index contributed by atoms with van der Waals surface area (Å²) in [4.78, 5) is 33.6. The van der Waals surface area contributed by atoms with Crippen LogP contribution in [0.5, 0.6) is 0 Å². The standard InChI is InChI=1S/C29H35N5O2S2/c1-4-6-13-34-28(36)25(38-29(34)37)18-23-21(3)24(19-30)27(35)33(12-5-2)26(23)32-16-14-31(15-17-32)20-22-10-8-7-9-11-22/h7-11,18H,4-6,12-17,20H2,1-3H3/b25-18-. The molecule has 4 rings (SSSR count). The number of anilines is 1. The number of piperazine rings is 1. The lowest BCUT2D eigenvalue weighted by Crippen LogP contribution is -2.48. The van der Waals surface area contributed by atoms with Gasteiger partial charge < -0.3 is 4.90 Å². The van der Waals surface area contributed by atoms with Crippen molar-refractivity contribution >= 4 is 46.1 Å². The Bertz CT molecular complexity index is 1320. The normalized spacial score (nSPS) is 17.5. The van der Waals surface area contributed by atoms with E-state index >= 15 is 0 Å². The molecule has 0 aliphatic carbocycles. The Morgan fingerprint density at radius 2 is 1.76 bits per heavy atom. The van der Waals surface area contributed by atoms with Crippen molar-refractivity contribution in [3.05, 3.63) is 67.8 Å². The summed E-state index contributed by atoms with van der Waals surface area (Å²) in [5.41, 5.74) is 2.54. The van der Waals surface area contributed by atoms with E-state index in [0.717, 1.165) is 63.4 Å². The van der Waals surface area contributed by atoms with Crippen molar-refractivity contribution < 1.29 is 4.79 Å². The summed E-state index contributed by atoms with van der Waals surface area (Å²) >= 11 is 6.82. The van der Waals surface area contributed by atoms with Gasteiger partial charge in [0.1, 0.15) is 21.8 Å². The van der Waals surface area contributed by atoms with E-state index in [2.05, 4.69) is 47.1 Å². The smallest absolute Gasteiger partial charge is 0.270 e. The van der Waals surface area contributed by atoms with Crippen LogP contribution in [-0.2, 0) is 17.9 Å². The first-order chi connectivity index (χ1) is 18.4. The number of rotatable bonds is 9. The van der Waals surface area contributed by atoms with Crippen LogP contribution < -0.4 is 10.5 Å². The van der Waals surface area contributed by atoms with Gasteiger partial charge in [-0.1, -0.05) is 74.6 Å². The van der Waals surface area contributed by atoms with Gasteiger partial charge in [-0.15, -0.1) is 0 Å². The van der Waals surface area contributed by atoms with E-state index in [-0.39, 0.29) is 17.0 Å². The highest BCUT2D eigenvalue weighted by Gasteiger charge is 2.33. The molecule has 2 saturated heterocycles. The van der Waals surface area contributed by atoms with Gasteiger partial charge in [0.25, 0.3) is 11.5 Å². The molecule has 2 aromatic rings. The number of hydrogen-bond donors (Lipinski definition) is 0. The Balaban J connectivity index is 1.72. The highest BCUT2D eigenvalue weighted by atomic mass is 32.2. The predicted octanol–water partition coefficient (Wildman–Crippen LogP) is 4.76. The summed E-state index contributed by atoms with van der Waals surface area (Å²) in [6.45, 7) is 11.1. The van der Waals surface area contributed by atoms with Gasteiger partial charge in [-0.05, 0) is 37.0 Å². The Morgan fingerprint density at radius 1 is 1.05 bits per heavy atom. The number of thiocarbonyl (C=S) groups is 1. The Morgan fingerprint density at radius 3 is 2.39 bits per heavy atom. The first kappa shape index (κ1) is 28.1. The molecule has 0 radical (unpaired) electrons. The van der Waals surface area contributed by atoms with Crippen molar-refractivity contribution in [3.8, 4) is 6.07 Å². The van der Waals surface area contributed by atoms with Crippen LogP contribution in [-0.4, -0.2) is 57.3 Å². The molecule has 2 aliphatic rings. The molecule has 38 heavy (non-hydrogen) atoms. The maximum Gasteiger partial charge on any atom is 0.270 e. The van der Waals surface area contributed by atoms with Crippen molar-refractivity contribution in [1.29, 1.82) is 5.26 Å². The lowest BCUT2D eigenvalue weighted by Gasteiger charge is -2.38. The average Bonchev–Trinajstić information content (AvgIpc) is 3.19. The van der Waals surface area contributed by atoms with Gasteiger partial charge in [-0.25, -0.2) is 0 Å². The molecule has 2 aliphatic heterocycles. The number of thioether (sulfide) groups is 1. The second kappa shape index (κ2) is 12.7. The molecule has 2 fully saturated rings. The number of carbonyl (C=O) groups is 1. The summed E-state index contributed by atoms with van der Waals surface area (Å²) in [5, 5.41) is 9.88. The fourth-order valence-electron chi connectivity index (χ4n) is 5.02. The van der Waals surface area contributed by atoms with E-state index in [1.807, 2.05) is 26.0 Å². The maximum absolute atomic E-state index is 13.4. The van der Waals surface area contributed by atoms with Crippen LogP contribution in [0.3, 0.4) is 0 Å². The third kappa shape index (κ3) is 5.88. The molecule has 9 heteroatoms. The minimum Gasteiger partial charge on any atom is -0.355 e. The quantitative estimate of drug-likeness (QED) is 0.330. The monoisotopic (exact) mass is 549 g/mol. The third-order valence-corrected chi connectivity index (χ3v) is 8.48. The van der Waals surface area contributed by atoms with Crippen molar-refractivity contribution in [2.24, 2.45) is 0 Å². The summed E-state index contributed by atoms with van der Waals surface area (Å²) in [5.74, 6) is 0.699. The molecule has 0 unspecified atom stereocenters. The molecule has 7 nitrogen and oxygen atoms in total. The molecule has 0 bridgehead atoms. The zero-order chi connectivity index (χ0) is 27.2. The fourth-order valence-corrected chi connectivity index (χ4v) is 6.31. The number of aromatic nitrogens is 1. The van der Waals surface area contributed by atoms with E-state index in [9.17, 15) is 14.9 Å². The molecule has 0 atom stereocenters. The third-order valence-electron chi connectivity index (χ3n) is 7.10. The van der Waals surface area contributed by atoms with Gasteiger partial charge in [0.2, 0.25) is 0 Å². The van der Waals surface area contributed by atoms with Crippen molar-refractivity contribution in [2.75, 3.05) is 37.6 Å². The Hall–Kier alpha value is -2.93. The minimum absolute atomic E-state index is 0.0989. The number of nitriles is 1. The van der Waals surface area contributed by atoms with Crippen LogP contribution in [0, 0.1) is 18.3 Å². The van der Waals surface area contributed by atoms with Crippen LogP contribution in [0.25, 0.3) is 6.08 Å². The maximum atomic E-state index is 13.4. The van der Waals surface area contributed by atoms with Crippen LogP contribution in [0.4, 0.5) is 5.82 Å². The number of hydrogen-bond acceptors (Lipinski definition) is 7. The van der Waals surface area contributed by atoms with Gasteiger partial charge in [0.15, 0.2) is 0 Å². The number of carbonyl (C=O) groups excluding carboxylic acids is 1. The SMILES string of the molecule is CCCCN1C(=O)/C(=C/c2c(C)c(C#N)c(=O)n(CCC)c2N2CCN(Cc3ccccc3)CC2)SC1=S. The van der Waals surface area contributed by atoms with Crippen LogP contribution in [0.2, 0.25) is 0 Å². The van der Waals surface area contributed by atoms with Gasteiger partial charge in [-0.2, -0.15) is 5.26 Å². The summed E-state index contributed by atoms with van der Waals surface area (Å²) < 4.78 is 2.30. The first-order valence-corrected chi connectivity index (χ1v) is 14.6. The van der Waals surface area contributed by atoms with Gasteiger partial charge in [0, 0.05) is 51.4 Å². The fraction of sp³-hybridized carbons (Fsp3) is 0.448. The summed E-state index contributed by atoms with van der Waals surface area (Å²) in [6, 6.07) is 12.6. The molecule has 0 saturated carbocycles. The molecule has 1 aromatic heterocycles. The highest BCUT2D eigenvalue weighted by Crippen LogP contribution is 2.36. The second-order valence-corrected chi connectivity index (χ2v) is 11.4. The topological polar surface area (TPSA) is 72.6 Å². The van der Waals surface area contributed by atoms with Crippen LogP contribution in [0.15, 0.2) is 40.0 Å². The molecule has 0 N–H and O–H groups in total. The number of benzene rings is 1. The number of unbranched alkanes of at least 4 members (excludes halogenated alkanes) is 1. The van der Waals surface area contributed by atoms with E-state index in [1.165, 1.54) is 17.3 Å². The van der Waals surface area contributed by atoms with E-state index in [4.69, 9.17) is 12.2 Å². The number of pyridine rings is 1. The second-order valence-electron chi connectivity index (χ2n) is 9.74. The highest BCUT2D eigenvalue weighted by molar-refractivity contribution is 8.26. The Kier molecular flexibility index (Phi) is 9.42. The lowest BCUT2D eigenvalue weighted by molar-refractivity contribution is -0.122. The molecular formula is C29H35N5O2S2. The van der Waals surface area contributed by atoms with Crippen molar-refractivity contribution in [3.63, 3.8) is 0 Å². The van der Waals surface area contributed by atoms with E-state index in [0.29, 0.717) is 27.9 Å². The summed E-state index contributed by atoms with van der Waals surface area (Å²) in [7, 11) is 0. The molecule has 200 valence electrons. The average molecular weight is 550 g/mol. The van der Waals surface area contributed by atoms with Gasteiger partial charge in [-0.3, -0.25) is 24.0 Å². The molecule has 0 spiro atoms. The van der Waals surface area contributed by atoms with Crippen molar-refractivity contribution in [1.82, 2.24) is 14.4 Å². The minimum atomic E-state index is -0.263. The zero-order valence-electron chi connectivity index (χ0n) is 22.4. The number of nitrogens with zero attached hydrogens (tertiary/aromatic N) is 5. The van der Waals surface area contributed by atoms with E-state index in [1.54, 1.807) is 9.47 Å². The predicted molar refractivity (Wildman–Crippen MR) is 159 cm³/mol. The molecule has 1 aromatic carbocycles. The lowest BCUT2D eigenvalue weighted by atomic mass is 10.0. The zero-order valence-corrected chi connectivity index (χ0v) is 24.0. The number of amides is 1. The van der Waals surface area contributed by atoms with E-state index < -0.39 is 0 Å². The first-order valence-electron chi connectivity index (χ1n) is 13.3. The largest absolute Gasteiger partial charge is 0.355 e. The van der Waals surface area contributed by atoms with Crippen LogP contribution in [0.1, 0.15) is 55.4 Å². The van der Waals surface area contributed by atoms with Crippen molar-refractivity contribution in [2.45, 2.75) is 53.1 Å². The molecule has 3 heterocycles. The van der Waals surface area contributed by atoms with Crippen LogP contribution >= 0.6 is 24.0 Å². The summed E-state index contributed by atoms with van der Waals surface area (Å²) in [6.07, 6.45) is 4.48.